The van der Waals surface area contributed by atoms with Gasteiger partial charge in [0.15, 0.2) is 12.4 Å². The first-order valence-electron chi connectivity index (χ1n) is 6.46. The van der Waals surface area contributed by atoms with E-state index in [0.717, 1.165) is 24.2 Å². The molecule has 1 aromatic carbocycles. The van der Waals surface area contributed by atoms with Crippen molar-refractivity contribution in [3.05, 3.63) is 41.5 Å². The molecule has 0 saturated heterocycles. The molecule has 0 bridgehead atoms. The maximum atomic E-state index is 5.78. The Morgan fingerprint density at radius 2 is 2.26 bits per heavy atom. The van der Waals surface area contributed by atoms with E-state index in [4.69, 9.17) is 15.0 Å². The molecule has 0 spiro atoms. The fourth-order valence-corrected chi connectivity index (χ4v) is 1.77. The van der Waals surface area contributed by atoms with E-state index >= 15 is 0 Å². The summed E-state index contributed by atoms with van der Waals surface area (Å²) in [5.41, 5.74) is 6.94. The van der Waals surface area contributed by atoms with E-state index in [0.29, 0.717) is 11.7 Å². The molecule has 2 aromatic rings. The van der Waals surface area contributed by atoms with Crippen molar-refractivity contribution in [2.45, 2.75) is 39.3 Å². The van der Waals surface area contributed by atoms with Crippen LogP contribution in [-0.4, -0.2) is 16.2 Å². The maximum Gasteiger partial charge on any atom is 0.264 e. The zero-order valence-electron chi connectivity index (χ0n) is 11.3. The molecule has 2 N–H and O–H groups in total. The van der Waals surface area contributed by atoms with Gasteiger partial charge in [-0.25, -0.2) is 0 Å². The highest BCUT2D eigenvalue weighted by Gasteiger charge is 2.06. The van der Waals surface area contributed by atoms with Gasteiger partial charge in [0.1, 0.15) is 5.75 Å². The summed E-state index contributed by atoms with van der Waals surface area (Å²) in [6.45, 7) is 4.25. The number of ether oxygens (including phenoxy) is 1. The Balaban J connectivity index is 1.95. The standard InChI is InChI=1S/C14H19N3O2/c1-3-13-16-14(19-17-13)9-18-12-6-4-5-11(8-12)7-10(2)15/h4-6,8,10H,3,7,9,15H2,1-2H3. The molecule has 1 atom stereocenters. The molecule has 0 aliphatic carbocycles. The number of hydrogen-bond acceptors (Lipinski definition) is 5. The van der Waals surface area contributed by atoms with E-state index in [1.807, 2.05) is 38.1 Å². The Morgan fingerprint density at radius 3 is 2.95 bits per heavy atom. The van der Waals surface area contributed by atoms with Crippen molar-refractivity contribution in [2.75, 3.05) is 0 Å². The third-order valence-electron chi connectivity index (χ3n) is 2.64. The SMILES string of the molecule is CCc1noc(COc2cccc(CC(C)N)c2)n1. The number of aromatic nitrogens is 2. The molecular weight excluding hydrogens is 242 g/mol. The summed E-state index contributed by atoms with van der Waals surface area (Å²) in [6.07, 6.45) is 1.59. The highest BCUT2D eigenvalue weighted by Crippen LogP contribution is 2.15. The van der Waals surface area contributed by atoms with E-state index in [9.17, 15) is 0 Å². The Bertz CT molecular complexity index is 523. The van der Waals surface area contributed by atoms with Crippen molar-refractivity contribution >= 4 is 0 Å². The van der Waals surface area contributed by atoms with E-state index in [1.54, 1.807) is 0 Å². The number of rotatable bonds is 6. The smallest absolute Gasteiger partial charge is 0.264 e. The van der Waals surface area contributed by atoms with Crippen LogP contribution >= 0.6 is 0 Å². The number of nitrogens with two attached hydrogens (primary N) is 1. The average Bonchev–Trinajstić information content (AvgIpc) is 2.84. The van der Waals surface area contributed by atoms with Crippen LogP contribution in [0.15, 0.2) is 28.8 Å². The van der Waals surface area contributed by atoms with Crippen LogP contribution in [0.25, 0.3) is 0 Å². The van der Waals surface area contributed by atoms with Gasteiger partial charge in [0.05, 0.1) is 0 Å². The molecule has 0 fully saturated rings. The molecular formula is C14H19N3O2. The summed E-state index contributed by atoms with van der Waals surface area (Å²) in [7, 11) is 0. The Kier molecular flexibility index (Phi) is 4.52. The lowest BCUT2D eigenvalue weighted by molar-refractivity contribution is 0.242. The number of nitrogens with zero attached hydrogens (tertiary/aromatic N) is 2. The van der Waals surface area contributed by atoms with Crippen molar-refractivity contribution in [1.29, 1.82) is 0 Å². The molecule has 0 radical (unpaired) electrons. The van der Waals surface area contributed by atoms with Gasteiger partial charge in [-0.15, -0.1) is 0 Å². The first-order chi connectivity index (χ1) is 9.17. The largest absolute Gasteiger partial charge is 0.484 e. The molecule has 0 aliphatic rings. The summed E-state index contributed by atoms with van der Waals surface area (Å²) in [6, 6.07) is 8.02. The van der Waals surface area contributed by atoms with E-state index in [1.165, 1.54) is 0 Å². The van der Waals surface area contributed by atoms with Crippen LogP contribution in [0.5, 0.6) is 5.75 Å². The predicted octanol–water partition coefficient (Wildman–Crippen LogP) is 2.10. The lowest BCUT2D eigenvalue weighted by Gasteiger charge is -2.08. The highest BCUT2D eigenvalue weighted by molar-refractivity contribution is 5.29. The van der Waals surface area contributed by atoms with Gasteiger partial charge in [-0.2, -0.15) is 4.98 Å². The third kappa shape index (κ3) is 4.06. The van der Waals surface area contributed by atoms with Gasteiger partial charge in [-0.05, 0) is 31.0 Å². The quantitative estimate of drug-likeness (QED) is 0.862. The molecule has 0 amide bonds. The van der Waals surface area contributed by atoms with Crippen LogP contribution in [0.3, 0.4) is 0 Å². The minimum absolute atomic E-state index is 0.137. The highest BCUT2D eigenvalue weighted by atomic mass is 16.5. The molecule has 1 unspecified atom stereocenters. The molecule has 1 aromatic heterocycles. The van der Waals surface area contributed by atoms with E-state index in [2.05, 4.69) is 10.1 Å². The molecule has 102 valence electrons. The van der Waals surface area contributed by atoms with Crippen molar-refractivity contribution in [1.82, 2.24) is 10.1 Å². The summed E-state index contributed by atoms with van der Waals surface area (Å²) < 4.78 is 10.7. The topological polar surface area (TPSA) is 74.2 Å². The predicted molar refractivity (Wildman–Crippen MR) is 71.8 cm³/mol. The van der Waals surface area contributed by atoms with Gasteiger partial charge in [0, 0.05) is 12.5 Å². The number of aryl methyl sites for hydroxylation is 1. The van der Waals surface area contributed by atoms with Crippen LogP contribution in [0.1, 0.15) is 31.1 Å². The lowest BCUT2D eigenvalue weighted by Crippen LogP contribution is -2.17. The second-order valence-electron chi connectivity index (χ2n) is 4.58. The zero-order chi connectivity index (χ0) is 13.7. The fourth-order valence-electron chi connectivity index (χ4n) is 1.77. The minimum atomic E-state index is 0.137. The van der Waals surface area contributed by atoms with Gasteiger partial charge >= 0.3 is 0 Å². The first kappa shape index (κ1) is 13.5. The van der Waals surface area contributed by atoms with Crippen molar-refractivity contribution < 1.29 is 9.26 Å². The van der Waals surface area contributed by atoms with Crippen LogP contribution in [0.2, 0.25) is 0 Å². The average molecular weight is 261 g/mol. The summed E-state index contributed by atoms with van der Waals surface area (Å²) in [4.78, 5) is 4.19. The van der Waals surface area contributed by atoms with Crippen molar-refractivity contribution in [3.8, 4) is 5.75 Å². The molecule has 19 heavy (non-hydrogen) atoms. The zero-order valence-corrected chi connectivity index (χ0v) is 11.3. The monoisotopic (exact) mass is 261 g/mol. The van der Waals surface area contributed by atoms with Gasteiger partial charge < -0.3 is 15.0 Å². The number of hydrogen-bond donors (Lipinski definition) is 1. The molecule has 5 heteroatoms. The summed E-state index contributed by atoms with van der Waals surface area (Å²) in [5.74, 6) is 1.98. The second-order valence-corrected chi connectivity index (χ2v) is 4.58. The molecule has 0 aliphatic heterocycles. The Morgan fingerprint density at radius 1 is 1.42 bits per heavy atom. The minimum Gasteiger partial charge on any atom is -0.484 e. The molecule has 5 nitrogen and oxygen atoms in total. The second kappa shape index (κ2) is 6.33. The van der Waals surface area contributed by atoms with Gasteiger partial charge in [0.2, 0.25) is 0 Å². The Hall–Kier alpha value is -1.88. The first-order valence-corrected chi connectivity index (χ1v) is 6.46. The van der Waals surface area contributed by atoms with E-state index < -0.39 is 0 Å². The summed E-state index contributed by atoms with van der Waals surface area (Å²) in [5, 5.41) is 3.82. The summed E-state index contributed by atoms with van der Waals surface area (Å²) >= 11 is 0. The lowest BCUT2D eigenvalue weighted by atomic mass is 10.1. The number of benzene rings is 1. The van der Waals surface area contributed by atoms with Gasteiger partial charge in [-0.1, -0.05) is 24.2 Å². The Labute approximate surface area is 112 Å². The van der Waals surface area contributed by atoms with Crippen molar-refractivity contribution in [3.63, 3.8) is 0 Å². The van der Waals surface area contributed by atoms with Crippen LogP contribution in [-0.2, 0) is 19.4 Å². The van der Waals surface area contributed by atoms with Crippen molar-refractivity contribution in [2.24, 2.45) is 5.73 Å². The van der Waals surface area contributed by atoms with Crippen LogP contribution in [0.4, 0.5) is 0 Å². The molecule has 2 rings (SSSR count). The van der Waals surface area contributed by atoms with Crippen LogP contribution in [0, 0.1) is 0 Å². The van der Waals surface area contributed by atoms with E-state index in [-0.39, 0.29) is 12.6 Å². The third-order valence-corrected chi connectivity index (χ3v) is 2.64. The fraction of sp³-hybridized carbons (Fsp3) is 0.429. The maximum absolute atomic E-state index is 5.78. The van der Waals surface area contributed by atoms with Crippen LogP contribution < -0.4 is 10.5 Å². The normalized spacial score (nSPS) is 12.4. The van der Waals surface area contributed by atoms with Gasteiger partial charge in [0.25, 0.3) is 5.89 Å². The molecule has 1 heterocycles. The van der Waals surface area contributed by atoms with Gasteiger partial charge in [-0.3, -0.25) is 0 Å². The molecule has 0 saturated carbocycles.